The van der Waals surface area contributed by atoms with Crippen molar-refractivity contribution in [2.24, 2.45) is 0 Å². The molecule has 2 rings (SSSR count). The Balaban J connectivity index is 2.94. The minimum Gasteiger partial charge on any atom is -0.0890 e. The molecule has 0 aliphatic heterocycles. The molecule has 0 aliphatic rings. The van der Waals surface area contributed by atoms with Crippen LogP contribution in [0.4, 0.5) is 0 Å². The first-order chi connectivity index (χ1) is 5.79. The molecular formula is C11H9B. The molecule has 0 saturated carbocycles. The number of hydrogen-bond acceptors (Lipinski definition) is 0. The topological polar surface area (TPSA) is 0 Å². The summed E-state index contributed by atoms with van der Waals surface area (Å²) in [4.78, 5) is 0. The highest BCUT2D eigenvalue weighted by Crippen LogP contribution is 2.14. The van der Waals surface area contributed by atoms with E-state index < -0.39 is 0 Å². The van der Waals surface area contributed by atoms with Gasteiger partial charge in [-0.3, -0.25) is 0 Å². The van der Waals surface area contributed by atoms with Gasteiger partial charge in [-0.2, -0.15) is 0 Å². The van der Waals surface area contributed by atoms with Crippen molar-refractivity contribution in [1.29, 1.82) is 0 Å². The average molecular weight is 152 g/mol. The lowest BCUT2D eigenvalue weighted by Gasteiger charge is -2.03. The van der Waals surface area contributed by atoms with Gasteiger partial charge in [-0.1, -0.05) is 41.9 Å². The number of benzene rings is 2. The Morgan fingerprint density at radius 2 is 1.58 bits per heavy atom. The third-order valence-electron chi connectivity index (χ3n) is 2.17. The summed E-state index contributed by atoms with van der Waals surface area (Å²) in [6, 6.07) is 12.2. The molecular weight excluding hydrogens is 143 g/mol. The molecule has 0 aliphatic carbocycles. The van der Waals surface area contributed by atoms with E-state index in [0.29, 0.717) is 0 Å². The zero-order valence-corrected chi connectivity index (χ0v) is 7.04. The highest BCUT2D eigenvalue weighted by Gasteiger charge is 1.96. The van der Waals surface area contributed by atoms with Crippen molar-refractivity contribution in [3.05, 3.63) is 42.0 Å². The lowest BCUT2D eigenvalue weighted by molar-refractivity contribution is 1.54. The first-order valence-electron chi connectivity index (χ1n) is 4.03. The molecule has 0 nitrogen and oxygen atoms in total. The molecule has 2 aromatic carbocycles. The zero-order valence-electron chi connectivity index (χ0n) is 7.04. The van der Waals surface area contributed by atoms with E-state index in [9.17, 15) is 0 Å². The largest absolute Gasteiger partial charge is 0.114 e. The van der Waals surface area contributed by atoms with Crippen molar-refractivity contribution in [2.75, 3.05) is 0 Å². The molecule has 0 atom stereocenters. The van der Waals surface area contributed by atoms with Crippen LogP contribution >= 0.6 is 0 Å². The first-order valence-corrected chi connectivity index (χ1v) is 4.03. The van der Waals surface area contributed by atoms with Crippen LogP contribution in [-0.4, -0.2) is 7.85 Å². The maximum atomic E-state index is 5.83. The van der Waals surface area contributed by atoms with Gasteiger partial charge in [-0.25, -0.2) is 0 Å². The quantitative estimate of drug-likeness (QED) is 0.506. The number of hydrogen-bond donors (Lipinski definition) is 0. The molecule has 0 amide bonds. The second-order valence-corrected chi connectivity index (χ2v) is 3.02. The van der Waals surface area contributed by atoms with E-state index in [4.69, 9.17) is 7.85 Å². The summed E-state index contributed by atoms with van der Waals surface area (Å²) in [5, 5.41) is 2.40. The van der Waals surface area contributed by atoms with Crippen LogP contribution in [0.2, 0.25) is 0 Å². The van der Waals surface area contributed by atoms with Crippen LogP contribution in [-0.2, 0) is 0 Å². The predicted octanol–water partition coefficient (Wildman–Crippen LogP) is 1.94. The Kier molecular flexibility index (Phi) is 1.65. The second kappa shape index (κ2) is 2.67. The zero-order chi connectivity index (χ0) is 8.55. The summed E-state index contributed by atoms with van der Waals surface area (Å²) < 4.78 is 0. The van der Waals surface area contributed by atoms with Gasteiger partial charge < -0.3 is 0 Å². The third kappa shape index (κ3) is 1.02. The molecule has 1 heteroatoms. The highest BCUT2D eigenvalue weighted by atomic mass is 14.0. The number of rotatable bonds is 0. The van der Waals surface area contributed by atoms with Crippen molar-refractivity contribution in [1.82, 2.24) is 0 Å². The van der Waals surface area contributed by atoms with Crippen LogP contribution in [0.15, 0.2) is 36.4 Å². The fourth-order valence-corrected chi connectivity index (χ4v) is 1.49. The summed E-state index contributed by atoms with van der Waals surface area (Å²) in [6.07, 6.45) is 0. The minimum absolute atomic E-state index is 0.858. The van der Waals surface area contributed by atoms with Gasteiger partial charge in [0, 0.05) is 0 Å². The normalized spacial score (nSPS) is 10.4. The molecule has 0 fully saturated rings. The van der Waals surface area contributed by atoms with Crippen LogP contribution < -0.4 is 5.46 Å². The molecule has 0 unspecified atom stereocenters. The fraction of sp³-hybridized carbons (Fsp3) is 0.0909. The molecule has 2 radical (unpaired) electrons. The van der Waals surface area contributed by atoms with Gasteiger partial charge >= 0.3 is 0 Å². The van der Waals surface area contributed by atoms with Crippen molar-refractivity contribution >= 4 is 24.1 Å². The van der Waals surface area contributed by atoms with Crippen molar-refractivity contribution < 1.29 is 0 Å². The summed E-state index contributed by atoms with van der Waals surface area (Å²) in [6.45, 7) is 2.10. The van der Waals surface area contributed by atoms with Crippen LogP contribution in [0.5, 0.6) is 0 Å². The van der Waals surface area contributed by atoms with Crippen molar-refractivity contribution in [3.63, 3.8) is 0 Å². The minimum atomic E-state index is 0.858. The van der Waals surface area contributed by atoms with Crippen LogP contribution in [0.1, 0.15) is 5.56 Å². The maximum Gasteiger partial charge on any atom is 0.114 e. The average Bonchev–Trinajstić information content (AvgIpc) is 2.07. The molecule has 0 N–H and O–H groups in total. The maximum absolute atomic E-state index is 5.83. The number of fused-ring (bicyclic) bond motifs is 1. The van der Waals surface area contributed by atoms with Gasteiger partial charge in [0.15, 0.2) is 0 Å². The van der Waals surface area contributed by atoms with E-state index in [1.807, 2.05) is 18.2 Å². The lowest BCUT2D eigenvalue weighted by Crippen LogP contribution is -2.02. The summed E-state index contributed by atoms with van der Waals surface area (Å²) in [5.74, 6) is 0. The smallest absolute Gasteiger partial charge is 0.0890 e. The van der Waals surface area contributed by atoms with E-state index in [1.54, 1.807) is 0 Å². The molecule has 0 aromatic heterocycles. The Morgan fingerprint density at radius 3 is 2.33 bits per heavy atom. The van der Waals surface area contributed by atoms with Crippen LogP contribution in [0.3, 0.4) is 0 Å². The van der Waals surface area contributed by atoms with E-state index in [-0.39, 0.29) is 0 Å². The first kappa shape index (κ1) is 7.42. The van der Waals surface area contributed by atoms with E-state index >= 15 is 0 Å². The molecule has 56 valence electrons. The Labute approximate surface area is 73.6 Å². The van der Waals surface area contributed by atoms with E-state index in [0.717, 1.165) is 10.8 Å². The van der Waals surface area contributed by atoms with Crippen LogP contribution in [0.25, 0.3) is 10.8 Å². The molecule has 12 heavy (non-hydrogen) atoms. The summed E-state index contributed by atoms with van der Waals surface area (Å²) in [7, 11) is 5.83. The van der Waals surface area contributed by atoms with E-state index in [1.165, 1.54) is 10.9 Å². The Hall–Kier alpha value is -1.24. The Bertz CT molecular complexity index is 377. The van der Waals surface area contributed by atoms with Crippen LogP contribution in [0, 0.1) is 6.92 Å². The van der Waals surface area contributed by atoms with E-state index in [2.05, 4.69) is 25.1 Å². The fourth-order valence-electron chi connectivity index (χ4n) is 1.49. The molecule has 0 saturated heterocycles. The molecule has 0 heterocycles. The lowest BCUT2D eigenvalue weighted by atomic mass is 9.89. The van der Waals surface area contributed by atoms with Gasteiger partial charge in [0.05, 0.1) is 0 Å². The van der Waals surface area contributed by atoms with Gasteiger partial charge in [-0.15, -0.1) is 0 Å². The van der Waals surface area contributed by atoms with Crippen molar-refractivity contribution in [3.8, 4) is 0 Å². The predicted molar refractivity (Wildman–Crippen MR) is 54.1 cm³/mol. The molecule has 0 spiro atoms. The molecule has 0 bridgehead atoms. The summed E-state index contributed by atoms with van der Waals surface area (Å²) in [5.41, 5.74) is 2.14. The highest BCUT2D eigenvalue weighted by molar-refractivity contribution is 6.38. The standard InChI is InChI=1S/C11H9B/c1-8-4-2-6-10-9(8)5-3-7-11(10)12/h2-7H,1H3. The van der Waals surface area contributed by atoms with Gasteiger partial charge in [-0.05, 0) is 23.3 Å². The van der Waals surface area contributed by atoms with Gasteiger partial charge in [0.1, 0.15) is 7.85 Å². The van der Waals surface area contributed by atoms with Crippen molar-refractivity contribution in [2.45, 2.75) is 6.92 Å². The SMILES string of the molecule is [B]c1cccc2c(C)cccc12. The monoisotopic (exact) mass is 152 g/mol. The molecule has 2 aromatic rings. The van der Waals surface area contributed by atoms with Gasteiger partial charge in [0.2, 0.25) is 0 Å². The van der Waals surface area contributed by atoms with Gasteiger partial charge in [0.25, 0.3) is 0 Å². The number of aryl methyl sites for hydroxylation is 1. The second-order valence-electron chi connectivity index (χ2n) is 3.02. The summed E-state index contributed by atoms with van der Waals surface area (Å²) >= 11 is 0. The third-order valence-corrected chi connectivity index (χ3v) is 2.17. The Morgan fingerprint density at radius 1 is 0.917 bits per heavy atom.